The van der Waals surface area contributed by atoms with E-state index < -0.39 is 33.6 Å². The zero-order valence-corrected chi connectivity index (χ0v) is 20.8. The molecular formula is C28H28N2O6. The molecule has 186 valence electrons. The molecule has 0 aliphatic heterocycles. The average Bonchev–Trinajstić information content (AvgIpc) is 2.90. The highest BCUT2D eigenvalue weighted by molar-refractivity contribution is 6.00. The largest absolute Gasteiger partial charge is 0.462 e. The molecule has 3 aliphatic rings. The summed E-state index contributed by atoms with van der Waals surface area (Å²) in [7, 11) is 2.91. The van der Waals surface area contributed by atoms with Crippen LogP contribution in [0.1, 0.15) is 36.1 Å². The van der Waals surface area contributed by atoms with Gasteiger partial charge >= 0.3 is 11.9 Å². The average molecular weight is 489 g/mol. The third kappa shape index (κ3) is 2.74. The Bertz CT molecular complexity index is 1150. The fraction of sp³-hybridized carbons (Fsp3) is 0.429. The Morgan fingerprint density at radius 2 is 0.972 bits per heavy atom. The SMILES string of the molecule is COCCOC(=O)C1(C#N)C2(C)c3ccccc3C(C)(c3ccccc32)C1(C#N)C(=O)OCCOC. The molecular weight excluding hydrogens is 460 g/mol. The van der Waals surface area contributed by atoms with Crippen LogP contribution in [0.2, 0.25) is 0 Å². The maximum atomic E-state index is 14.1. The number of nitrogens with zero attached hydrogens (tertiary/aromatic N) is 2. The van der Waals surface area contributed by atoms with Crippen LogP contribution in [0, 0.1) is 33.5 Å². The van der Waals surface area contributed by atoms with Gasteiger partial charge in [0.05, 0.1) is 25.4 Å². The van der Waals surface area contributed by atoms with Crippen molar-refractivity contribution in [2.75, 3.05) is 40.6 Å². The van der Waals surface area contributed by atoms with Crippen LogP contribution in [-0.2, 0) is 39.4 Å². The molecule has 0 saturated heterocycles. The van der Waals surface area contributed by atoms with Crippen molar-refractivity contribution in [2.45, 2.75) is 24.7 Å². The van der Waals surface area contributed by atoms with Gasteiger partial charge in [-0.1, -0.05) is 48.5 Å². The number of benzene rings is 2. The van der Waals surface area contributed by atoms with Gasteiger partial charge < -0.3 is 18.9 Å². The number of hydrogen-bond acceptors (Lipinski definition) is 8. The minimum absolute atomic E-state index is 0.0895. The van der Waals surface area contributed by atoms with Gasteiger partial charge in [-0.25, -0.2) is 0 Å². The third-order valence-electron chi connectivity index (χ3n) is 8.06. The van der Waals surface area contributed by atoms with Crippen molar-refractivity contribution in [2.24, 2.45) is 10.8 Å². The molecule has 0 aromatic heterocycles. The van der Waals surface area contributed by atoms with Gasteiger partial charge in [0.25, 0.3) is 0 Å². The van der Waals surface area contributed by atoms with Crippen LogP contribution in [0.3, 0.4) is 0 Å². The molecule has 0 spiro atoms. The van der Waals surface area contributed by atoms with Crippen LogP contribution in [0.25, 0.3) is 0 Å². The first-order valence-electron chi connectivity index (χ1n) is 11.6. The molecule has 8 nitrogen and oxygen atoms in total. The van der Waals surface area contributed by atoms with E-state index >= 15 is 0 Å². The van der Waals surface area contributed by atoms with Crippen molar-refractivity contribution >= 4 is 11.9 Å². The fourth-order valence-electron chi connectivity index (χ4n) is 6.41. The standard InChI is InChI=1S/C28H28N2O6/c1-25-19-9-5-7-11-21(19)26(2,22-12-8-6-10-20(22)25)28(18-30,24(32)36-16-14-34-4)27(25,17-29)23(31)35-15-13-33-3/h5-12H,13-16H2,1-4H3. The number of rotatable bonds is 8. The predicted molar refractivity (Wildman–Crippen MR) is 128 cm³/mol. The molecule has 0 fully saturated rings. The smallest absolute Gasteiger partial charge is 0.330 e. The number of carbonyl (C=O) groups excluding carboxylic acids is 2. The van der Waals surface area contributed by atoms with E-state index in [0.717, 1.165) is 0 Å². The van der Waals surface area contributed by atoms with Crippen molar-refractivity contribution in [3.05, 3.63) is 70.8 Å². The van der Waals surface area contributed by atoms with Crippen LogP contribution >= 0.6 is 0 Å². The topological polar surface area (TPSA) is 119 Å². The highest BCUT2D eigenvalue weighted by Crippen LogP contribution is 2.74. The molecule has 2 bridgehead atoms. The summed E-state index contributed by atoms with van der Waals surface area (Å²) in [4.78, 5) is 28.2. The summed E-state index contributed by atoms with van der Waals surface area (Å²) in [5.74, 6) is -1.94. The summed E-state index contributed by atoms with van der Waals surface area (Å²) in [6.45, 7) is 3.36. The van der Waals surface area contributed by atoms with E-state index in [1.54, 1.807) is 13.8 Å². The number of fused-ring (bicyclic) bond motifs is 1. The van der Waals surface area contributed by atoms with Gasteiger partial charge in [-0.2, -0.15) is 10.5 Å². The Kier molecular flexibility index (Phi) is 6.38. The molecule has 36 heavy (non-hydrogen) atoms. The second-order valence-corrected chi connectivity index (χ2v) is 9.32. The molecule has 2 atom stereocenters. The van der Waals surface area contributed by atoms with Crippen LogP contribution in [0.15, 0.2) is 48.5 Å². The molecule has 0 amide bonds. The summed E-state index contributed by atoms with van der Waals surface area (Å²) in [5.41, 5.74) is -4.62. The Morgan fingerprint density at radius 3 is 1.22 bits per heavy atom. The molecule has 0 heterocycles. The van der Waals surface area contributed by atoms with Crippen molar-refractivity contribution < 1.29 is 28.5 Å². The number of methoxy groups -OCH3 is 2. The van der Waals surface area contributed by atoms with Gasteiger partial charge in [0.15, 0.2) is 10.8 Å². The minimum Gasteiger partial charge on any atom is -0.462 e. The molecule has 8 heteroatoms. The summed E-state index contributed by atoms with van der Waals surface area (Å²) in [6.07, 6.45) is 0. The molecule has 2 unspecified atom stereocenters. The fourth-order valence-corrected chi connectivity index (χ4v) is 6.41. The third-order valence-corrected chi connectivity index (χ3v) is 8.06. The Hall–Kier alpha value is -3.72. The Labute approximate surface area is 210 Å². The van der Waals surface area contributed by atoms with E-state index in [0.29, 0.717) is 22.3 Å². The highest BCUT2D eigenvalue weighted by atomic mass is 16.6. The lowest BCUT2D eigenvalue weighted by molar-refractivity contribution is -0.186. The monoisotopic (exact) mass is 488 g/mol. The second kappa shape index (κ2) is 9.05. The van der Waals surface area contributed by atoms with E-state index in [4.69, 9.17) is 18.9 Å². The quantitative estimate of drug-likeness (QED) is 0.411. The summed E-state index contributed by atoms with van der Waals surface area (Å²) in [6, 6.07) is 19.0. The van der Waals surface area contributed by atoms with Gasteiger partial charge in [-0.15, -0.1) is 0 Å². The molecule has 2 aromatic carbocycles. The van der Waals surface area contributed by atoms with Crippen LogP contribution in [0.5, 0.6) is 0 Å². The van der Waals surface area contributed by atoms with Crippen molar-refractivity contribution in [3.8, 4) is 12.1 Å². The van der Waals surface area contributed by atoms with Crippen LogP contribution in [0.4, 0.5) is 0 Å². The van der Waals surface area contributed by atoms with Gasteiger partial charge in [-0.05, 0) is 36.1 Å². The molecule has 0 radical (unpaired) electrons. The summed E-state index contributed by atoms with van der Waals surface area (Å²) < 4.78 is 21.2. The van der Waals surface area contributed by atoms with E-state index in [-0.39, 0.29) is 26.4 Å². The van der Waals surface area contributed by atoms with Gasteiger partial charge in [-0.3, -0.25) is 9.59 Å². The highest BCUT2D eigenvalue weighted by Gasteiger charge is 2.85. The van der Waals surface area contributed by atoms with Crippen molar-refractivity contribution in [1.29, 1.82) is 10.5 Å². The molecule has 5 rings (SSSR count). The number of ether oxygens (including phenoxy) is 4. The first-order valence-corrected chi connectivity index (χ1v) is 11.6. The lowest BCUT2D eigenvalue weighted by Gasteiger charge is -2.65. The summed E-state index contributed by atoms with van der Waals surface area (Å²) in [5, 5.41) is 21.9. The van der Waals surface area contributed by atoms with Crippen LogP contribution < -0.4 is 0 Å². The predicted octanol–water partition coefficient (Wildman–Crippen LogP) is 3.02. The Morgan fingerprint density at radius 1 is 0.667 bits per heavy atom. The van der Waals surface area contributed by atoms with Crippen molar-refractivity contribution in [3.63, 3.8) is 0 Å². The van der Waals surface area contributed by atoms with E-state index in [9.17, 15) is 20.1 Å². The second-order valence-electron chi connectivity index (χ2n) is 9.32. The molecule has 3 aliphatic carbocycles. The molecule has 2 aromatic rings. The maximum absolute atomic E-state index is 14.1. The Balaban J connectivity index is 2.16. The van der Waals surface area contributed by atoms with Gasteiger partial charge in [0.2, 0.25) is 0 Å². The molecule has 0 N–H and O–H groups in total. The van der Waals surface area contributed by atoms with Crippen LogP contribution in [-0.4, -0.2) is 52.6 Å². The number of nitriles is 2. The normalized spacial score (nSPS) is 29.3. The van der Waals surface area contributed by atoms with E-state index in [2.05, 4.69) is 12.1 Å². The van der Waals surface area contributed by atoms with E-state index in [1.807, 2.05) is 48.5 Å². The number of hydrogen-bond donors (Lipinski definition) is 0. The zero-order chi connectivity index (χ0) is 26.2. The van der Waals surface area contributed by atoms with Crippen molar-refractivity contribution in [1.82, 2.24) is 0 Å². The minimum atomic E-state index is -2.27. The first-order chi connectivity index (χ1) is 17.3. The first kappa shape index (κ1) is 25.4. The van der Waals surface area contributed by atoms with Gasteiger partial charge in [0, 0.05) is 25.0 Å². The lowest BCUT2D eigenvalue weighted by atomic mass is 9.31. The zero-order valence-electron chi connectivity index (χ0n) is 20.8. The number of carbonyl (C=O) groups is 2. The maximum Gasteiger partial charge on any atom is 0.330 e. The van der Waals surface area contributed by atoms with Gasteiger partial charge in [0.1, 0.15) is 13.2 Å². The summed E-state index contributed by atoms with van der Waals surface area (Å²) >= 11 is 0. The number of esters is 2. The van der Waals surface area contributed by atoms with E-state index in [1.165, 1.54) is 14.2 Å². The molecule has 0 saturated carbocycles. The lowest BCUT2D eigenvalue weighted by Crippen LogP contribution is -2.75.